The highest BCUT2D eigenvalue weighted by molar-refractivity contribution is 9.10. The Morgan fingerprint density at radius 2 is 2.00 bits per heavy atom. The van der Waals surface area contributed by atoms with E-state index in [1.54, 1.807) is 28.8 Å². The monoisotopic (exact) mass is 339 g/mol. The van der Waals surface area contributed by atoms with Crippen LogP contribution in [0.25, 0.3) is 16.7 Å². The van der Waals surface area contributed by atoms with E-state index in [1.807, 2.05) is 6.07 Å². The number of nitrogens with two attached hydrogens (primary N) is 1. The van der Waals surface area contributed by atoms with Gasteiger partial charge in [0.2, 0.25) is 5.95 Å². The van der Waals surface area contributed by atoms with Gasteiger partial charge in [0.25, 0.3) is 0 Å². The Kier molecular flexibility index (Phi) is 2.95. The van der Waals surface area contributed by atoms with Crippen molar-refractivity contribution in [3.63, 3.8) is 0 Å². The van der Waals surface area contributed by atoms with Gasteiger partial charge in [-0.05, 0) is 52.3 Å². The van der Waals surface area contributed by atoms with Crippen LogP contribution in [0.3, 0.4) is 0 Å². The van der Waals surface area contributed by atoms with Crippen molar-refractivity contribution in [2.45, 2.75) is 0 Å². The fourth-order valence-electron chi connectivity index (χ4n) is 1.97. The lowest BCUT2D eigenvalue weighted by Gasteiger charge is -2.07. The zero-order chi connectivity index (χ0) is 13.6. The molecular weight excluding hydrogens is 333 g/mol. The molecule has 0 amide bonds. The summed E-state index contributed by atoms with van der Waals surface area (Å²) < 4.78 is 15.4. The first-order chi connectivity index (χ1) is 9.06. The number of fused-ring (bicyclic) bond motifs is 1. The van der Waals surface area contributed by atoms with E-state index in [0.717, 1.165) is 11.2 Å². The second-order valence-corrected chi connectivity index (χ2v) is 5.33. The third kappa shape index (κ3) is 2.09. The van der Waals surface area contributed by atoms with E-state index in [1.165, 1.54) is 6.07 Å². The Bertz CT molecular complexity index is 785. The third-order valence-electron chi connectivity index (χ3n) is 2.80. The normalized spacial score (nSPS) is 11.1. The van der Waals surface area contributed by atoms with Gasteiger partial charge in [0, 0.05) is 5.02 Å². The molecule has 0 radical (unpaired) electrons. The Balaban J connectivity index is 2.29. The predicted molar refractivity (Wildman–Crippen MR) is 78.2 cm³/mol. The molecule has 3 nitrogen and oxygen atoms in total. The summed E-state index contributed by atoms with van der Waals surface area (Å²) in [6.07, 6.45) is 0. The summed E-state index contributed by atoms with van der Waals surface area (Å²) in [5.41, 5.74) is 8.17. The Hall–Kier alpha value is -1.59. The van der Waals surface area contributed by atoms with Gasteiger partial charge in [-0.15, -0.1) is 0 Å². The summed E-state index contributed by atoms with van der Waals surface area (Å²) in [6, 6.07) is 10.0. The zero-order valence-electron chi connectivity index (χ0n) is 9.57. The molecule has 0 unspecified atom stereocenters. The summed E-state index contributed by atoms with van der Waals surface area (Å²) in [6.45, 7) is 0. The summed E-state index contributed by atoms with van der Waals surface area (Å²) in [7, 11) is 0. The van der Waals surface area contributed by atoms with Crippen molar-refractivity contribution in [2.24, 2.45) is 0 Å². The zero-order valence-corrected chi connectivity index (χ0v) is 11.9. The largest absolute Gasteiger partial charge is 0.369 e. The number of rotatable bonds is 1. The topological polar surface area (TPSA) is 43.8 Å². The molecule has 96 valence electrons. The van der Waals surface area contributed by atoms with E-state index in [4.69, 9.17) is 17.3 Å². The van der Waals surface area contributed by atoms with E-state index < -0.39 is 0 Å². The maximum absolute atomic E-state index is 13.3. The minimum atomic E-state index is -0.324. The molecule has 6 heteroatoms. The minimum absolute atomic E-state index is 0.324. The molecule has 0 saturated heterocycles. The summed E-state index contributed by atoms with van der Waals surface area (Å²) in [5.74, 6) is 0.00515. The molecule has 0 aliphatic heterocycles. The average molecular weight is 341 g/mol. The lowest BCUT2D eigenvalue weighted by atomic mass is 10.2. The molecule has 0 spiro atoms. The van der Waals surface area contributed by atoms with E-state index >= 15 is 0 Å². The van der Waals surface area contributed by atoms with Gasteiger partial charge >= 0.3 is 0 Å². The number of hydrogen-bond acceptors (Lipinski definition) is 2. The number of nitrogens with zero attached hydrogens (tertiary/aromatic N) is 2. The first-order valence-electron chi connectivity index (χ1n) is 5.45. The Labute approximate surface area is 121 Å². The molecule has 2 N–H and O–H groups in total. The lowest BCUT2D eigenvalue weighted by molar-refractivity contribution is 0.620. The van der Waals surface area contributed by atoms with Crippen LogP contribution in [0, 0.1) is 5.82 Å². The molecule has 0 fully saturated rings. The van der Waals surface area contributed by atoms with Crippen molar-refractivity contribution in [1.82, 2.24) is 9.55 Å². The number of imidazole rings is 1. The highest BCUT2D eigenvalue weighted by Crippen LogP contribution is 2.27. The van der Waals surface area contributed by atoms with Crippen LogP contribution in [-0.4, -0.2) is 9.55 Å². The summed E-state index contributed by atoms with van der Waals surface area (Å²) >= 11 is 9.09. The highest BCUT2D eigenvalue weighted by Gasteiger charge is 2.11. The summed E-state index contributed by atoms with van der Waals surface area (Å²) in [5, 5.41) is 0.595. The van der Waals surface area contributed by atoms with Gasteiger partial charge in [0.05, 0.1) is 21.2 Å². The average Bonchev–Trinajstić information content (AvgIpc) is 2.68. The van der Waals surface area contributed by atoms with Crippen LogP contribution in [-0.2, 0) is 0 Å². The number of aromatic nitrogens is 2. The van der Waals surface area contributed by atoms with Crippen LogP contribution in [0.1, 0.15) is 0 Å². The van der Waals surface area contributed by atoms with Crippen molar-refractivity contribution in [3.8, 4) is 5.69 Å². The predicted octanol–water partition coefficient (Wildman–Crippen LogP) is 4.16. The van der Waals surface area contributed by atoms with Crippen molar-refractivity contribution in [2.75, 3.05) is 5.73 Å². The highest BCUT2D eigenvalue weighted by atomic mass is 79.9. The van der Waals surface area contributed by atoms with E-state index in [-0.39, 0.29) is 5.82 Å². The fraction of sp³-hybridized carbons (Fsp3) is 0. The molecular formula is C13H8BrClFN3. The van der Waals surface area contributed by atoms with E-state index in [0.29, 0.717) is 21.0 Å². The van der Waals surface area contributed by atoms with Crippen LogP contribution in [0.2, 0.25) is 5.02 Å². The second-order valence-electron chi connectivity index (χ2n) is 4.04. The van der Waals surface area contributed by atoms with Crippen LogP contribution in [0.4, 0.5) is 10.3 Å². The SMILES string of the molecule is Nc1nc2cc(Cl)ccc2n1-c1ccc(F)c(Br)c1. The number of benzene rings is 2. The quantitative estimate of drug-likeness (QED) is 0.723. The fourth-order valence-corrected chi connectivity index (χ4v) is 2.50. The number of halogens is 3. The van der Waals surface area contributed by atoms with E-state index in [9.17, 15) is 4.39 Å². The maximum atomic E-state index is 13.3. The van der Waals surface area contributed by atoms with Crippen LogP contribution in [0.15, 0.2) is 40.9 Å². The summed E-state index contributed by atoms with van der Waals surface area (Å²) in [4.78, 5) is 4.25. The van der Waals surface area contributed by atoms with Crippen LogP contribution < -0.4 is 5.73 Å². The number of anilines is 1. The molecule has 2 aromatic carbocycles. The minimum Gasteiger partial charge on any atom is -0.369 e. The van der Waals surface area contributed by atoms with Gasteiger partial charge in [0.1, 0.15) is 5.82 Å². The molecule has 19 heavy (non-hydrogen) atoms. The second kappa shape index (κ2) is 4.51. The van der Waals surface area contributed by atoms with Crippen molar-refractivity contribution in [1.29, 1.82) is 0 Å². The van der Waals surface area contributed by atoms with Crippen molar-refractivity contribution in [3.05, 3.63) is 51.7 Å². The first kappa shape index (κ1) is 12.4. The first-order valence-corrected chi connectivity index (χ1v) is 6.62. The molecule has 0 bridgehead atoms. The molecule has 0 aliphatic carbocycles. The molecule has 3 aromatic rings. The van der Waals surface area contributed by atoms with Gasteiger partial charge in [-0.3, -0.25) is 4.57 Å². The van der Waals surface area contributed by atoms with Gasteiger partial charge < -0.3 is 5.73 Å². The van der Waals surface area contributed by atoms with Gasteiger partial charge in [-0.2, -0.15) is 0 Å². The van der Waals surface area contributed by atoms with Gasteiger partial charge in [0.15, 0.2) is 0 Å². The van der Waals surface area contributed by atoms with Crippen molar-refractivity contribution < 1.29 is 4.39 Å². The Morgan fingerprint density at radius 3 is 2.74 bits per heavy atom. The van der Waals surface area contributed by atoms with Gasteiger partial charge in [-0.25, -0.2) is 9.37 Å². The molecule has 3 rings (SSSR count). The third-order valence-corrected chi connectivity index (χ3v) is 3.65. The lowest BCUT2D eigenvalue weighted by Crippen LogP contribution is -2.00. The van der Waals surface area contributed by atoms with Crippen molar-refractivity contribution >= 4 is 44.5 Å². The van der Waals surface area contributed by atoms with Crippen LogP contribution in [0.5, 0.6) is 0 Å². The molecule has 0 atom stereocenters. The smallest absolute Gasteiger partial charge is 0.205 e. The number of hydrogen-bond donors (Lipinski definition) is 1. The molecule has 1 aromatic heterocycles. The van der Waals surface area contributed by atoms with Crippen LogP contribution >= 0.6 is 27.5 Å². The molecule has 1 heterocycles. The Morgan fingerprint density at radius 1 is 1.21 bits per heavy atom. The molecule has 0 saturated carbocycles. The van der Waals surface area contributed by atoms with E-state index in [2.05, 4.69) is 20.9 Å². The maximum Gasteiger partial charge on any atom is 0.205 e. The van der Waals surface area contributed by atoms with Gasteiger partial charge in [-0.1, -0.05) is 11.6 Å². The standard InChI is InChI=1S/C13H8BrClFN3/c14-9-6-8(2-3-10(9)16)19-12-4-1-7(15)5-11(12)18-13(19)17/h1-6H,(H2,17,18). The molecule has 0 aliphatic rings. The number of nitrogen functional groups attached to an aromatic ring is 1.